The lowest BCUT2D eigenvalue weighted by Gasteiger charge is -2.25. The van der Waals surface area contributed by atoms with Crippen molar-refractivity contribution in [2.75, 3.05) is 11.5 Å². The number of amides is 1. The molecule has 7 heteroatoms. The Kier molecular flexibility index (Phi) is 6.61. The van der Waals surface area contributed by atoms with Crippen LogP contribution in [0.1, 0.15) is 69.0 Å². The summed E-state index contributed by atoms with van der Waals surface area (Å²) in [7, 11) is 0. The summed E-state index contributed by atoms with van der Waals surface area (Å²) in [5.41, 5.74) is 3.98. The molecule has 0 spiro atoms. The third kappa shape index (κ3) is 4.42. The second-order valence-electron chi connectivity index (χ2n) is 9.27. The van der Waals surface area contributed by atoms with Crippen LogP contribution in [0.3, 0.4) is 0 Å². The second-order valence-corrected chi connectivity index (χ2v) is 9.71. The summed E-state index contributed by atoms with van der Waals surface area (Å²) in [6, 6.07) is 16.5. The van der Waals surface area contributed by atoms with Crippen molar-refractivity contribution in [2.24, 2.45) is 0 Å². The maximum absolute atomic E-state index is 13.8. The fraction of sp³-hybridized carbons (Fsp3) is 0.233. The maximum atomic E-state index is 13.8. The molecule has 4 aromatic rings. The van der Waals surface area contributed by atoms with Gasteiger partial charge in [0.2, 0.25) is 5.76 Å². The van der Waals surface area contributed by atoms with Gasteiger partial charge in [-0.2, -0.15) is 0 Å². The highest BCUT2D eigenvalue weighted by Crippen LogP contribution is 2.41. The van der Waals surface area contributed by atoms with E-state index < -0.39 is 17.9 Å². The number of unbranched alkanes of at least 4 members (excludes halogenated alkanes) is 1. The number of aryl methyl sites for hydroxylation is 2. The number of hydrogen-bond acceptors (Lipinski definition) is 5. The molecular formula is C30H26ClNO5. The van der Waals surface area contributed by atoms with Gasteiger partial charge < -0.3 is 9.15 Å². The Hall–Kier alpha value is -3.90. The van der Waals surface area contributed by atoms with Crippen molar-refractivity contribution in [1.82, 2.24) is 0 Å². The van der Waals surface area contributed by atoms with Crippen molar-refractivity contribution in [1.29, 1.82) is 0 Å². The van der Waals surface area contributed by atoms with E-state index in [0.29, 0.717) is 33.8 Å². The molecule has 0 bridgehead atoms. The standard InChI is InChI=1S/C30H26ClNO5/c1-4-5-14-36-30(35)20-8-12-22(13-9-20)32-26(19-6-10-21(31)11-7-19)25-27(33)23-15-17(2)18(3)16-24(23)37-28(25)29(32)34/h6-13,15-16,26H,4-5,14H2,1-3H3. The van der Waals surface area contributed by atoms with Gasteiger partial charge in [-0.1, -0.05) is 37.1 Å². The summed E-state index contributed by atoms with van der Waals surface area (Å²) in [5, 5.41) is 0.975. The Morgan fingerprint density at radius 3 is 2.35 bits per heavy atom. The van der Waals surface area contributed by atoms with Gasteiger partial charge in [-0.15, -0.1) is 0 Å². The number of benzene rings is 3. The van der Waals surface area contributed by atoms with E-state index in [1.165, 1.54) is 4.90 Å². The zero-order valence-electron chi connectivity index (χ0n) is 20.8. The zero-order chi connectivity index (χ0) is 26.3. The molecule has 188 valence electrons. The topological polar surface area (TPSA) is 76.8 Å². The summed E-state index contributed by atoms with van der Waals surface area (Å²) >= 11 is 6.13. The fourth-order valence-electron chi connectivity index (χ4n) is 4.61. The minimum Gasteiger partial charge on any atom is -0.462 e. The van der Waals surface area contributed by atoms with Gasteiger partial charge in [0.1, 0.15) is 5.58 Å². The van der Waals surface area contributed by atoms with E-state index in [-0.39, 0.29) is 16.8 Å². The first-order valence-electron chi connectivity index (χ1n) is 12.2. The quantitative estimate of drug-likeness (QED) is 0.209. The van der Waals surface area contributed by atoms with Gasteiger partial charge >= 0.3 is 5.97 Å². The number of esters is 1. The van der Waals surface area contributed by atoms with Crippen LogP contribution in [-0.4, -0.2) is 18.5 Å². The van der Waals surface area contributed by atoms with Gasteiger partial charge in [-0.25, -0.2) is 4.79 Å². The molecule has 1 atom stereocenters. The van der Waals surface area contributed by atoms with Gasteiger partial charge in [0, 0.05) is 10.7 Å². The minimum atomic E-state index is -0.718. The number of fused-ring (bicyclic) bond motifs is 2. The van der Waals surface area contributed by atoms with Gasteiger partial charge in [0.05, 0.1) is 29.2 Å². The third-order valence-corrected chi connectivity index (χ3v) is 7.04. The lowest BCUT2D eigenvalue weighted by Crippen LogP contribution is -2.29. The summed E-state index contributed by atoms with van der Waals surface area (Å²) in [5.74, 6) is -0.826. The van der Waals surface area contributed by atoms with Gasteiger partial charge in [-0.3, -0.25) is 14.5 Å². The van der Waals surface area contributed by atoms with Crippen molar-refractivity contribution < 1.29 is 18.7 Å². The molecule has 1 unspecified atom stereocenters. The molecule has 0 radical (unpaired) electrons. The van der Waals surface area contributed by atoms with Gasteiger partial charge in [-0.05, 0) is 85.5 Å². The van der Waals surface area contributed by atoms with Crippen LogP contribution < -0.4 is 10.3 Å². The highest BCUT2D eigenvalue weighted by atomic mass is 35.5. The van der Waals surface area contributed by atoms with E-state index in [2.05, 4.69) is 0 Å². The summed E-state index contributed by atoms with van der Waals surface area (Å²) in [6.07, 6.45) is 1.72. The van der Waals surface area contributed by atoms with Crippen molar-refractivity contribution in [3.63, 3.8) is 0 Å². The number of rotatable bonds is 6. The first-order chi connectivity index (χ1) is 17.8. The first kappa shape index (κ1) is 24.8. The summed E-state index contributed by atoms with van der Waals surface area (Å²) in [4.78, 5) is 41.5. The zero-order valence-corrected chi connectivity index (χ0v) is 21.6. The number of anilines is 1. The molecule has 0 fully saturated rings. The van der Waals surface area contributed by atoms with E-state index in [1.807, 2.05) is 26.8 Å². The van der Waals surface area contributed by atoms with Crippen LogP contribution in [-0.2, 0) is 4.74 Å². The van der Waals surface area contributed by atoms with Crippen LogP contribution in [0, 0.1) is 13.8 Å². The Morgan fingerprint density at radius 2 is 1.68 bits per heavy atom. The van der Waals surface area contributed by atoms with E-state index in [0.717, 1.165) is 29.5 Å². The molecule has 1 aromatic heterocycles. The predicted octanol–water partition coefficient (Wildman–Crippen LogP) is 6.77. The highest BCUT2D eigenvalue weighted by molar-refractivity contribution is 6.30. The lowest BCUT2D eigenvalue weighted by molar-refractivity contribution is 0.0499. The first-order valence-corrected chi connectivity index (χ1v) is 12.6. The number of nitrogens with zero attached hydrogens (tertiary/aromatic N) is 1. The largest absolute Gasteiger partial charge is 0.462 e. The van der Waals surface area contributed by atoms with E-state index in [1.54, 1.807) is 54.6 Å². The van der Waals surface area contributed by atoms with Crippen molar-refractivity contribution in [3.05, 3.63) is 109 Å². The average Bonchev–Trinajstić information content (AvgIpc) is 3.18. The van der Waals surface area contributed by atoms with E-state index in [4.69, 9.17) is 20.8 Å². The van der Waals surface area contributed by atoms with Crippen LogP contribution in [0.2, 0.25) is 5.02 Å². The molecule has 0 saturated carbocycles. The Bertz CT molecular complexity index is 1570. The average molecular weight is 516 g/mol. The van der Waals surface area contributed by atoms with Crippen LogP contribution in [0.15, 0.2) is 69.9 Å². The molecule has 0 saturated heterocycles. The number of halogens is 1. The van der Waals surface area contributed by atoms with Gasteiger partial charge in [0.15, 0.2) is 5.43 Å². The molecule has 6 nitrogen and oxygen atoms in total. The minimum absolute atomic E-state index is 0.0174. The predicted molar refractivity (Wildman–Crippen MR) is 144 cm³/mol. The fourth-order valence-corrected chi connectivity index (χ4v) is 4.73. The van der Waals surface area contributed by atoms with E-state index >= 15 is 0 Å². The molecule has 1 aliphatic heterocycles. The van der Waals surface area contributed by atoms with Crippen LogP contribution in [0.4, 0.5) is 5.69 Å². The van der Waals surface area contributed by atoms with Crippen molar-refractivity contribution in [3.8, 4) is 0 Å². The lowest BCUT2D eigenvalue weighted by atomic mass is 9.97. The monoisotopic (exact) mass is 515 g/mol. The van der Waals surface area contributed by atoms with Crippen LogP contribution >= 0.6 is 11.6 Å². The molecule has 1 amide bonds. The smallest absolute Gasteiger partial charge is 0.338 e. The second kappa shape index (κ2) is 9.87. The number of hydrogen-bond donors (Lipinski definition) is 0. The summed E-state index contributed by atoms with van der Waals surface area (Å²) < 4.78 is 11.4. The number of carbonyl (C=O) groups is 2. The van der Waals surface area contributed by atoms with Crippen molar-refractivity contribution >= 4 is 40.1 Å². The molecule has 1 aliphatic rings. The van der Waals surface area contributed by atoms with Crippen molar-refractivity contribution in [2.45, 2.75) is 39.7 Å². The number of ether oxygens (including phenoxy) is 1. The molecule has 0 N–H and O–H groups in total. The van der Waals surface area contributed by atoms with Crippen LogP contribution in [0.5, 0.6) is 0 Å². The molecule has 3 aromatic carbocycles. The molecule has 5 rings (SSSR count). The Labute approximate surface area is 219 Å². The Balaban J connectivity index is 1.63. The van der Waals surface area contributed by atoms with E-state index in [9.17, 15) is 14.4 Å². The molecule has 37 heavy (non-hydrogen) atoms. The Morgan fingerprint density at radius 1 is 1.00 bits per heavy atom. The molecule has 0 aliphatic carbocycles. The van der Waals surface area contributed by atoms with Crippen LogP contribution in [0.25, 0.3) is 11.0 Å². The number of carbonyl (C=O) groups excluding carboxylic acids is 2. The molecule has 2 heterocycles. The van der Waals surface area contributed by atoms with Gasteiger partial charge in [0.25, 0.3) is 5.91 Å². The summed E-state index contributed by atoms with van der Waals surface area (Å²) in [6.45, 7) is 6.25. The normalized spacial score (nSPS) is 14.8. The highest BCUT2D eigenvalue weighted by Gasteiger charge is 2.43. The maximum Gasteiger partial charge on any atom is 0.338 e. The SMILES string of the molecule is CCCCOC(=O)c1ccc(N2C(=O)c3oc4cc(C)c(C)cc4c(=O)c3C2c2ccc(Cl)cc2)cc1. The third-order valence-electron chi connectivity index (χ3n) is 6.78. The molecular weight excluding hydrogens is 490 g/mol.